The first kappa shape index (κ1) is 14.8. The molecule has 0 saturated heterocycles. The van der Waals surface area contributed by atoms with Gasteiger partial charge in [0.15, 0.2) is 0 Å². The molecule has 17 heavy (non-hydrogen) atoms. The van der Waals surface area contributed by atoms with Crippen LogP contribution in [-0.2, 0) is 6.42 Å². The van der Waals surface area contributed by atoms with E-state index in [4.69, 9.17) is 23.2 Å². The molecule has 96 valence electrons. The van der Waals surface area contributed by atoms with Crippen molar-refractivity contribution in [2.75, 3.05) is 6.54 Å². The summed E-state index contributed by atoms with van der Waals surface area (Å²) in [6.07, 6.45) is 2.14. The number of rotatable bonds is 6. The Morgan fingerprint density at radius 2 is 1.88 bits per heavy atom. The first-order valence-corrected chi connectivity index (χ1v) is 6.92. The van der Waals surface area contributed by atoms with Gasteiger partial charge in [-0.25, -0.2) is 0 Å². The number of nitrogens with one attached hydrogen (secondary N) is 1. The molecule has 1 atom stereocenters. The zero-order valence-corrected chi connectivity index (χ0v) is 12.3. The Balaban J connectivity index is 2.45. The lowest BCUT2D eigenvalue weighted by Crippen LogP contribution is -2.25. The largest absolute Gasteiger partial charge is 0.315 e. The maximum absolute atomic E-state index is 6.17. The van der Waals surface area contributed by atoms with Crippen LogP contribution in [0.15, 0.2) is 18.2 Å². The van der Waals surface area contributed by atoms with Crippen LogP contribution in [0.3, 0.4) is 0 Å². The Morgan fingerprint density at radius 1 is 1.18 bits per heavy atom. The first-order valence-electron chi connectivity index (χ1n) is 6.17. The van der Waals surface area contributed by atoms with Crippen LogP contribution >= 0.6 is 23.2 Å². The van der Waals surface area contributed by atoms with Gasteiger partial charge in [0.1, 0.15) is 0 Å². The topological polar surface area (TPSA) is 12.0 Å². The summed E-state index contributed by atoms with van der Waals surface area (Å²) in [5.41, 5.74) is 1.15. The molecule has 0 amide bonds. The van der Waals surface area contributed by atoms with Crippen LogP contribution in [0.2, 0.25) is 10.0 Å². The highest BCUT2D eigenvalue weighted by Gasteiger charge is 2.09. The number of halogens is 2. The van der Waals surface area contributed by atoms with Crippen LogP contribution in [0.1, 0.15) is 32.8 Å². The molecule has 1 aromatic carbocycles. The Morgan fingerprint density at radius 3 is 2.53 bits per heavy atom. The summed E-state index contributed by atoms with van der Waals surface area (Å²) in [5.74, 6) is 0.609. The van der Waals surface area contributed by atoms with Gasteiger partial charge in [-0.2, -0.15) is 0 Å². The highest BCUT2D eigenvalue weighted by molar-refractivity contribution is 6.42. The third-order valence-corrected chi connectivity index (χ3v) is 3.65. The van der Waals surface area contributed by atoms with Crippen LogP contribution in [-0.4, -0.2) is 12.6 Å². The molecule has 3 heteroatoms. The van der Waals surface area contributed by atoms with Crippen molar-refractivity contribution in [2.24, 2.45) is 5.92 Å². The Bertz CT molecular complexity index is 350. The van der Waals surface area contributed by atoms with Crippen molar-refractivity contribution in [3.05, 3.63) is 33.8 Å². The van der Waals surface area contributed by atoms with E-state index in [-0.39, 0.29) is 0 Å². The van der Waals surface area contributed by atoms with Gasteiger partial charge in [-0.3, -0.25) is 0 Å². The normalized spacial score (nSPS) is 13.1. The highest BCUT2D eigenvalue weighted by Crippen LogP contribution is 2.27. The predicted octanol–water partition coefficient (Wildman–Crippen LogP) is 4.56. The minimum absolute atomic E-state index is 0.553. The van der Waals surface area contributed by atoms with Crippen molar-refractivity contribution in [1.29, 1.82) is 0 Å². The monoisotopic (exact) mass is 273 g/mol. The van der Waals surface area contributed by atoms with Crippen molar-refractivity contribution in [3.8, 4) is 0 Å². The zero-order chi connectivity index (χ0) is 12.8. The third kappa shape index (κ3) is 5.29. The van der Waals surface area contributed by atoms with Gasteiger partial charge < -0.3 is 5.32 Å². The fourth-order valence-corrected chi connectivity index (χ4v) is 2.20. The zero-order valence-electron chi connectivity index (χ0n) is 10.8. The maximum atomic E-state index is 6.17. The summed E-state index contributed by atoms with van der Waals surface area (Å²) >= 11 is 12.2. The van der Waals surface area contributed by atoms with E-state index in [0.29, 0.717) is 22.0 Å². The lowest BCUT2D eigenvalue weighted by molar-refractivity contribution is 0.476. The minimum atomic E-state index is 0.553. The van der Waals surface area contributed by atoms with Gasteiger partial charge in [-0.05, 0) is 36.9 Å². The van der Waals surface area contributed by atoms with E-state index in [2.05, 4.69) is 32.2 Å². The number of hydrogen-bond donors (Lipinski definition) is 1. The van der Waals surface area contributed by atoms with Gasteiger partial charge in [-0.1, -0.05) is 56.1 Å². The van der Waals surface area contributed by atoms with Crippen molar-refractivity contribution < 1.29 is 0 Å². The van der Waals surface area contributed by atoms with Gasteiger partial charge >= 0.3 is 0 Å². The smallest absolute Gasteiger partial charge is 0.0624 e. The predicted molar refractivity (Wildman–Crippen MR) is 77.1 cm³/mol. The van der Waals surface area contributed by atoms with Crippen molar-refractivity contribution >= 4 is 23.2 Å². The van der Waals surface area contributed by atoms with Crippen LogP contribution in [0.4, 0.5) is 0 Å². The fourth-order valence-electron chi connectivity index (χ4n) is 1.80. The quantitative estimate of drug-likeness (QED) is 0.801. The lowest BCUT2D eigenvalue weighted by Gasteiger charge is -2.14. The molecule has 0 aliphatic rings. The molecule has 0 aromatic heterocycles. The molecule has 1 unspecified atom stereocenters. The summed E-state index contributed by atoms with van der Waals surface area (Å²) in [7, 11) is 0. The van der Waals surface area contributed by atoms with Gasteiger partial charge in [0.05, 0.1) is 10.0 Å². The van der Waals surface area contributed by atoms with Gasteiger partial charge in [-0.15, -0.1) is 0 Å². The first-order chi connectivity index (χ1) is 8.00. The SMILES string of the molecule is CC(CCNC(C)C)Cc1cccc(Cl)c1Cl. The summed E-state index contributed by atoms with van der Waals surface area (Å²) < 4.78 is 0. The van der Waals surface area contributed by atoms with Crippen LogP contribution < -0.4 is 5.32 Å². The molecule has 1 rings (SSSR count). The van der Waals surface area contributed by atoms with Gasteiger partial charge in [0, 0.05) is 6.04 Å². The van der Waals surface area contributed by atoms with Crippen LogP contribution in [0.5, 0.6) is 0 Å². The molecule has 1 nitrogen and oxygen atoms in total. The van der Waals surface area contributed by atoms with E-state index in [1.54, 1.807) is 0 Å². The molecule has 0 bridgehead atoms. The second-order valence-corrected chi connectivity index (χ2v) is 5.70. The molecular formula is C14H21Cl2N. The van der Waals surface area contributed by atoms with Gasteiger partial charge in [0.25, 0.3) is 0 Å². The molecule has 0 heterocycles. The molecule has 0 spiro atoms. The van der Waals surface area contributed by atoms with Crippen molar-refractivity contribution in [2.45, 2.75) is 39.7 Å². The summed E-state index contributed by atoms with van der Waals surface area (Å²) in [5, 5.41) is 4.79. The molecule has 0 fully saturated rings. The molecular weight excluding hydrogens is 253 g/mol. The molecule has 1 N–H and O–H groups in total. The van der Waals surface area contributed by atoms with Crippen LogP contribution in [0, 0.1) is 5.92 Å². The maximum Gasteiger partial charge on any atom is 0.0624 e. The van der Waals surface area contributed by atoms with E-state index in [0.717, 1.165) is 24.9 Å². The molecule has 0 aliphatic carbocycles. The van der Waals surface area contributed by atoms with Crippen molar-refractivity contribution in [1.82, 2.24) is 5.32 Å². The van der Waals surface area contributed by atoms with E-state index in [1.165, 1.54) is 0 Å². The molecule has 0 radical (unpaired) electrons. The Hall–Kier alpha value is -0.240. The standard InChI is InChI=1S/C14H21Cl2N/c1-10(2)17-8-7-11(3)9-12-5-4-6-13(15)14(12)16/h4-6,10-11,17H,7-9H2,1-3H3. The second-order valence-electron chi connectivity index (χ2n) is 4.92. The number of benzene rings is 1. The fraction of sp³-hybridized carbons (Fsp3) is 0.571. The summed E-state index contributed by atoms with van der Waals surface area (Å²) in [6, 6.07) is 6.40. The molecule has 0 saturated carbocycles. The summed E-state index contributed by atoms with van der Waals surface area (Å²) in [4.78, 5) is 0. The van der Waals surface area contributed by atoms with Gasteiger partial charge in [0.2, 0.25) is 0 Å². The number of hydrogen-bond acceptors (Lipinski definition) is 1. The highest BCUT2D eigenvalue weighted by atomic mass is 35.5. The average Bonchev–Trinajstić information content (AvgIpc) is 2.24. The Kier molecular flexibility index (Phi) is 6.32. The van der Waals surface area contributed by atoms with E-state index >= 15 is 0 Å². The van der Waals surface area contributed by atoms with E-state index < -0.39 is 0 Å². The van der Waals surface area contributed by atoms with Crippen molar-refractivity contribution in [3.63, 3.8) is 0 Å². The molecule has 0 aliphatic heterocycles. The third-order valence-electron chi connectivity index (χ3n) is 2.79. The van der Waals surface area contributed by atoms with E-state index in [9.17, 15) is 0 Å². The second kappa shape index (κ2) is 7.25. The summed E-state index contributed by atoms with van der Waals surface area (Å²) in [6.45, 7) is 7.63. The average molecular weight is 274 g/mol. The lowest BCUT2D eigenvalue weighted by atomic mass is 9.98. The minimum Gasteiger partial charge on any atom is -0.315 e. The Labute approximate surface area is 115 Å². The molecule has 1 aromatic rings. The van der Waals surface area contributed by atoms with E-state index in [1.807, 2.05) is 12.1 Å². The van der Waals surface area contributed by atoms with Crippen LogP contribution in [0.25, 0.3) is 0 Å².